The van der Waals surface area contributed by atoms with E-state index in [4.69, 9.17) is 4.74 Å². The van der Waals surface area contributed by atoms with Crippen LogP contribution in [0.5, 0.6) is 6.01 Å². The molecule has 2 heterocycles. The molecule has 5 nitrogen and oxygen atoms in total. The molecule has 1 saturated carbocycles. The first-order chi connectivity index (χ1) is 11.2. The number of hydrogen-bond donors (Lipinski definition) is 0. The number of piperidine rings is 1. The number of carbonyl (C=O) groups is 1. The molecule has 0 bridgehead atoms. The van der Waals surface area contributed by atoms with Crippen LogP contribution in [0, 0.1) is 12.8 Å². The van der Waals surface area contributed by atoms with Crippen LogP contribution < -0.4 is 4.74 Å². The summed E-state index contributed by atoms with van der Waals surface area (Å²) in [6.07, 6.45) is 12.5. The number of likely N-dealkylation sites (tertiary alicyclic amines) is 1. The van der Waals surface area contributed by atoms with Crippen molar-refractivity contribution in [2.75, 3.05) is 13.1 Å². The van der Waals surface area contributed by atoms with Gasteiger partial charge < -0.3 is 9.64 Å². The SMILES string of the molecule is Cc1cnc(OC2CCN(C(=O)CC3CCCCC3)CC2)nc1. The minimum Gasteiger partial charge on any atom is -0.460 e. The molecule has 23 heavy (non-hydrogen) atoms. The van der Waals surface area contributed by atoms with Crippen LogP contribution >= 0.6 is 0 Å². The molecular formula is C18H27N3O2. The fourth-order valence-electron chi connectivity index (χ4n) is 3.58. The summed E-state index contributed by atoms with van der Waals surface area (Å²) in [7, 11) is 0. The molecule has 0 N–H and O–H groups in total. The van der Waals surface area contributed by atoms with Gasteiger partial charge in [-0.15, -0.1) is 0 Å². The van der Waals surface area contributed by atoms with Crippen LogP contribution in [-0.4, -0.2) is 40.0 Å². The molecule has 0 radical (unpaired) electrons. The predicted octanol–water partition coefficient (Wildman–Crippen LogP) is 3.13. The largest absolute Gasteiger partial charge is 0.460 e. The fourth-order valence-corrected chi connectivity index (χ4v) is 3.58. The van der Waals surface area contributed by atoms with Gasteiger partial charge in [0, 0.05) is 44.7 Å². The lowest BCUT2D eigenvalue weighted by molar-refractivity contribution is -0.134. The van der Waals surface area contributed by atoms with Crippen molar-refractivity contribution in [3.05, 3.63) is 18.0 Å². The van der Waals surface area contributed by atoms with E-state index in [2.05, 4.69) is 9.97 Å². The zero-order valence-electron chi connectivity index (χ0n) is 14.0. The van der Waals surface area contributed by atoms with Crippen LogP contribution in [0.15, 0.2) is 12.4 Å². The molecule has 3 rings (SSSR count). The number of hydrogen-bond acceptors (Lipinski definition) is 4. The van der Waals surface area contributed by atoms with Gasteiger partial charge in [0.05, 0.1) is 0 Å². The van der Waals surface area contributed by atoms with E-state index in [-0.39, 0.29) is 6.10 Å². The third-order valence-electron chi connectivity index (χ3n) is 5.01. The summed E-state index contributed by atoms with van der Waals surface area (Å²) in [5, 5.41) is 0. The predicted molar refractivity (Wildman–Crippen MR) is 88.2 cm³/mol. The second kappa shape index (κ2) is 7.75. The summed E-state index contributed by atoms with van der Waals surface area (Å²) in [5.74, 6) is 0.952. The van der Waals surface area contributed by atoms with Crippen LogP contribution in [0.2, 0.25) is 0 Å². The minimum absolute atomic E-state index is 0.122. The Morgan fingerprint density at radius 2 is 1.78 bits per heavy atom. The molecule has 0 spiro atoms. The summed E-state index contributed by atoms with van der Waals surface area (Å²) in [4.78, 5) is 22.8. The average molecular weight is 317 g/mol. The first kappa shape index (κ1) is 16.2. The lowest BCUT2D eigenvalue weighted by Gasteiger charge is -2.33. The Morgan fingerprint density at radius 1 is 1.13 bits per heavy atom. The number of nitrogens with zero attached hydrogens (tertiary/aromatic N) is 3. The highest BCUT2D eigenvalue weighted by Gasteiger charge is 2.26. The molecule has 2 aliphatic rings. The lowest BCUT2D eigenvalue weighted by atomic mass is 9.86. The number of aromatic nitrogens is 2. The van der Waals surface area contributed by atoms with Gasteiger partial charge in [-0.2, -0.15) is 0 Å². The molecule has 1 amide bonds. The molecular weight excluding hydrogens is 290 g/mol. The Labute approximate surface area is 138 Å². The van der Waals surface area contributed by atoms with Gasteiger partial charge in [-0.3, -0.25) is 4.79 Å². The molecule has 5 heteroatoms. The summed E-state index contributed by atoms with van der Waals surface area (Å²) >= 11 is 0. The molecule has 2 fully saturated rings. The summed E-state index contributed by atoms with van der Waals surface area (Å²) in [6.45, 7) is 3.55. The standard InChI is InChI=1S/C18H27N3O2/c1-14-12-19-18(20-13-14)23-16-7-9-21(10-8-16)17(22)11-15-5-3-2-4-6-15/h12-13,15-16H,2-11H2,1H3. The number of ether oxygens (including phenoxy) is 1. The molecule has 0 aromatic carbocycles. The third kappa shape index (κ3) is 4.66. The quantitative estimate of drug-likeness (QED) is 0.856. The molecule has 1 saturated heterocycles. The van der Waals surface area contributed by atoms with Crippen molar-refractivity contribution in [3.63, 3.8) is 0 Å². The Morgan fingerprint density at radius 3 is 2.43 bits per heavy atom. The normalized spacial score (nSPS) is 20.5. The van der Waals surface area contributed by atoms with Gasteiger partial charge in [-0.1, -0.05) is 19.3 Å². The maximum atomic E-state index is 12.4. The van der Waals surface area contributed by atoms with Crippen LogP contribution in [0.25, 0.3) is 0 Å². The lowest BCUT2D eigenvalue weighted by Crippen LogP contribution is -2.42. The topological polar surface area (TPSA) is 55.3 Å². The summed E-state index contributed by atoms with van der Waals surface area (Å²) < 4.78 is 5.83. The van der Waals surface area contributed by atoms with Crippen LogP contribution in [0.1, 0.15) is 56.9 Å². The van der Waals surface area contributed by atoms with E-state index in [1.807, 2.05) is 11.8 Å². The monoisotopic (exact) mass is 317 g/mol. The summed E-state index contributed by atoms with van der Waals surface area (Å²) in [5.41, 5.74) is 1.03. The molecule has 0 atom stereocenters. The van der Waals surface area contributed by atoms with Crippen molar-refractivity contribution in [1.29, 1.82) is 0 Å². The van der Waals surface area contributed by atoms with Crippen molar-refractivity contribution < 1.29 is 9.53 Å². The molecule has 1 aromatic heterocycles. The maximum Gasteiger partial charge on any atom is 0.316 e. The fraction of sp³-hybridized carbons (Fsp3) is 0.722. The van der Waals surface area contributed by atoms with Crippen LogP contribution in [0.3, 0.4) is 0 Å². The Hall–Kier alpha value is -1.65. The molecule has 126 valence electrons. The molecule has 1 aliphatic heterocycles. The van der Waals surface area contributed by atoms with Crippen LogP contribution in [0.4, 0.5) is 0 Å². The van der Waals surface area contributed by atoms with Gasteiger partial charge in [0.2, 0.25) is 5.91 Å². The third-order valence-corrected chi connectivity index (χ3v) is 5.01. The number of carbonyl (C=O) groups excluding carboxylic acids is 1. The van der Waals surface area contributed by atoms with Crippen LogP contribution in [-0.2, 0) is 4.79 Å². The van der Waals surface area contributed by atoms with Gasteiger partial charge >= 0.3 is 6.01 Å². The van der Waals surface area contributed by atoms with E-state index in [1.165, 1.54) is 32.1 Å². The Balaban J connectivity index is 1.42. The van der Waals surface area contributed by atoms with Gasteiger partial charge in [0.1, 0.15) is 6.10 Å². The summed E-state index contributed by atoms with van der Waals surface area (Å²) in [6, 6.07) is 0.447. The molecule has 1 aromatic rings. The highest BCUT2D eigenvalue weighted by molar-refractivity contribution is 5.76. The van der Waals surface area contributed by atoms with E-state index in [9.17, 15) is 4.79 Å². The maximum absolute atomic E-state index is 12.4. The van der Waals surface area contributed by atoms with E-state index in [1.54, 1.807) is 12.4 Å². The van der Waals surface area contributed by atoms with E-state index >= 15 is 0 Å². The van der Waals surface area contributed by atoms with Gasteiger partial charge in [0.25, 0.3) is 0 Å². The average Bonchev–Trinajstić information content (AvgIpc) is 2.58. The van der Waals surface area contributed by atoms with Crippen molar-refractivity contribution in [1.82, 2.24) is 14.9 Å². The molecule has 1 aliphatic carbocycles. The second-order valence-electron chi connectivity index (χ2n) is 6.95. The van der Waals surface area contributed by atoms with Gasteiger partial charge in [-0.25, -0.2) is 9.97 Å². The first-order valence-electron chi connectivity index (χ1n) is 8.94. The van der Waals surface area contributed by atoms with E-state index in [0.717, 1.165) is 37.9 Å². The van der Waals surface area contributed by atoms with Gasteiger partial charge in [-0.05, 0) is 31.2 Å². The van der Waals surface area contributed by atoms with Gasteiger partial charge in [0.15, 0.2) is 0 Å². The minimum atomic E-state index is 0.122. The Bertz CT molecular complexity index is 504. The highest BCUT2D eigenvalue weighted by atomic mass is 16.5. The molecule has 0 unspecified atom stereocenters. The smallest absolute Gasteiger partial charge is 0.316 e. The highest BCUT2D eigenvalue weighted by Crippen LogP contribution is 2.27. The van der Waals surface area contributed by atoms with Crippen molar-refractivity contribution in [2.24, 2.45) is 5.92 Å². The van der Waals surface area contributed by atoms with Crippen molar-refractivity contribution in [2.45, 2.75) is 64.4 Å². The van der Waals surface area contributed by atoms with E-state index < -0.39 is 0 Å². The zero-order chi connectivity index (χ0) is 16.1. The van der Waals surface area contributed by atoms with Crippen molar-refractivity contribution in [3.8, 4) is 6.01 Å². The second-order valence-corrected chi connectivity index (χ2v) is 6.95. The number of rotatable bonds is 4. The zero-order valence-corrected chi connectivity index (χ0v) is 14.0. The van der Waals surface area contributed by atoms with E-state index in [0.29, 0.717) is 17.8 Å². The first-order valence-corrected chi connectivity index (χ1v) is 8.94. The number of aryl methyl sites for hydroxylation is 1. The Kier molecular flexibility index (Phi) is 5.47. The van der Waals surface area contributed by atoms with Crippen molar-refractivity contribution >= 4 is 5.91 Å². The number of amides is 1.